The van der Waals surface area contributed by atoms with Gasteiger partial charge < -0.3 is 11.5 Å². The number of nitrogen functional groups attached to an aromatic ring is 1. The number of aryl methyl sites for hydroxylation is 2. The number of hydrogen-bond donors (Lipinski definition) is 2. The largest absolute Gasteiger partial charge is 0.399 e. The molecule has 0 aliphatic rings. The summed E-state index contributed by atoms with van der Waals surface area (Å²) < 4.78 is 22.3. The van der Waals surface area contributed by atoms with Gasteiger partial charge in [0.25, 0.3) is 0 Å². The molecular weight excluding hydrogens is 266 g/mol. The lowest BCUT2D eigenvalue weighted by molar-refractivity contribution is 0.0955. The third-order valence-corrected chi connectivity index (χ3v) is 2.74. The van der Waals surface area contributed by atoms with Crippen LogP contribution in [0.25, 0.3) is 0 Å². The van der Waals surface area contributed by atoms with Crippen LogP contribution in [0.3, 0.4) is 0 Å². The lowest BCUT2D eigenvalue weighted by Crippen LogP contribution is -2.12. The zero-order valence-electron chi connectivity index (χ0n) is 11.8. The van der Waals surface area contributed by atoms with E-state index in [1.807, 2.05) is 26.0 Å². The Morgan fingerprint density at radius 3 is 2.05 bits per heavy atom. The van der Waals surface area contributed by atoms with Crippen molar-refractivity contribution >= 4 is 22.9 Å². The first-order valence-electron chi connectivity index (χ1n) is 6.07. The van der Waals surface area contributed by atoms with E-state index < -0.39 is 12.3 Å². The Labute approximate surface area is 119 Å². The minimum atomic E-state index is -2.15. The summed E-state index contributed by atoms with van der Waals surface area (Å²) in [6.07, 6.45) is -1.49. The fourth-order valence-corrected chi connectivity index (χ4v) is 1.43. The standard InChI is InChI=1S/C10H14N2S.C4H8F2/c1-6-4-9(11)7(2)3-8(6)5-10(12)13;1-3(2)4(5)6/h3-4H,5,11H2,1-2H3,(H2,12,13);3-4H,1-2H3. The second-order valence-corrected chi connectivity index (χ2v) is 5.38. The van der Waals surface area contributed by atoms with Crippen LogP contribution in [0.4, 0.5) is 14.5 Å². The number of nitrogens with two attached hydrogens (primary N) is 2. The third kappa shape index (κ3) is 7.06. The van der Waals surface area contributed by atoms with Crippen molar-refractivity contribution in [1.82, 2.24) is 0 Å². The Balaban J connectivity index is 0.000000459. The van der Waals surface area contributed by atoms with Crippen LogP contribution < -0.4 is 11.5 Å². The fraction of sp³-hybridized carbons (Fsp3) is 0.500. The second kappa shape index (κ2) is 8.04. The van der Waals surface area contributed by atoms with Gasteiger partial charge in [0.1, 0.15) is 0 Å². The van der Waals surface area contributed by atoms with Gasteiger partial charge in [-0.05, 0) is 36.6 Å². The van der Waals surface area contributed by atoms with Crippen LogP contribution in [0, 0.1) is 19.8 Å². The highest BCUT2D eigenvalue weighted by Gasteiger charge is 2.05. The first kappa shape index (κ1) is 17.8. The number of rotatable bonds is 3. The van der Waals surface area contributed by atoms with E-state index in [9.17, 15) is 8.78 Å². The average molecular weight is 288 g/mol. The Morgan fingerprint density at radius 2 is 1.68 bits per heavy atom. The van der Waals surface area contributed by atoms with Gasteiger partial charge in [-0.25, -0.2) is 8.78 Å². The van der Waals surface area contributed by atoms with Gasteiger partial charge in [0.2, 0.25) is 6.43 Å². The van der Waals surface area contributed by atoms with Crippen LogP contribution in [0.5, 0.6) is 0 Å². The topological polar surface area (TPSA) is 52.0 Å². The van der Waals surface area contributed by atoms with Gasteiger partial charge in [-0.2, -0.15) is 0 Å². The van der Waals surface area contributed by atoms with E-state index in [1.54, 1.807) is 0 Å². The Bertz CT molecular complexity index is 426. The predicted molar refractivity (Wildman–Crippen MR) is 81.7 cm³/mol. The van der Waals surface area contributed by atoms with Crippen molar-refractivity contribution in [3.63, 3.8) is 0 Å². The van der Waals surface area contributed by atoms with Crippen LogP contribution >= 0.6 is 12.2 Å². The van der Waals surface area contributed by atoms with E-state index in [1.165, 1.54) is 19.4 Å². The minimum Gasteiger partial charge on any atom is -0.399 e. The Kier molecular flexibility index (Phi) is 7.52. The number of anilines is 1. The number of halogens is 2. The van der Waals surface area contributed by atoms with Crippen molar-refractivity contribution in [1.29, 1.82) is 0 Å². The molecule has 1 aromatic rings. The summed E-state index contributed by atoms with van der Waals surface area (Å²) in [6, 6.07) is 4.01. The number of alkyl halides is 2. The molecule has 0 unspecified atom stereocenters. The lowest BCUT2D eigenvalue weighted by Gasteiger charge is -2.08. The molecule has 0 radical (unpaired) electrons. The minimum absolute atomic E-state index is 0.481. The zero-order valence-corrected chi connectivity index (χ0v) is 12.7. The predicted octanol–water partition coefficient (Wildman–Crippen LogP) is 3.62. The van der Waals surface area contributed by atoms with Crippen molar-refractivity contribution in [2.45, 2.75) is 40.5 Å². The van der Waals surface area contributed by atoms with E-state index in [4.69, 9.17) is 23.7 Å². The van der Waals surface area contributed by atoms with Crippen molar-refractivity contribution in [2.24, 2.45) is 11.7 Å². The molecule has 108 valence electrons. The number of thiocarbonyl (C=S) groups is 1. The highest BCUT2D eigenvalue weighted by atomic mass is 32.1. The molecule has 0 amide bonds. The summed E-state index contributed by atoms with van der Waals surface area (Å²) in [7, 11) is 0. The molecule has 1 aromatic carbocycles. The van der Waals surface area contributed by atoms with Crippen LogP contribution in [0.2, 0.25) is 0 Å². The maximum atomic E-state index is 11.2. The maximum Gasteiger partial charge on any atom is 0.240 e. The van der Waals surface area contributed by atoms with E-state index >= 15 is 0 Å². The van der Waals surface area contributed by atoms with Gasteiger partial charge in [0.05, 0.1) is 4.99 Å². The summed E-state index contributed by atoms with van der Waals surface area (Å²) in [5.74, 6) is -0.481. The first-order valence-corrected chi connectivity index (χ1v) is 6.48. The molecule has 1 rings (SSSR count). The van der Waals surface area contributed by atoms with Crippen molar-refractivity contribution in [3.8, 4) is 0 Å². The average Bonchev–Trinajstić information content (AvgIpc) is 2.26. The molecule has 19 heavy (non-hydrogen) atoms. The van der Waals surface area contributed by atoms with Crippen molar-refractivity contribution in [2.75, 3.05) is 5.73 Å². The monoisotopic (exact) mass is 288 g/mol. The molecule has 0 spiro atoms. The van der Waals surface area contributed by atoms with Gasteiger partial charge in [0, 0.05) is 18.0 Å². The number of hydrogen-bond acceptors (Lipinski definition) is 2. The van der Waals surface area contributed by atoms with Crippen LogP contribution in [-0.4, -0.2) is 11.4 Å². The van der Waals surface area contributed by atoms with Gasteiger partial charge in [-0.1, -0.05) is 32.1 Å². The van der Waals surface area contributed by atoms with E-state index in [-0.39, 0.29) is 0 Å². The molecule has 0 fully saturated rings. The lowest BCUT2D eigenvalue weighted by atomic mass is 10.0. The molecule has 0 aliphatic carbocycles. The van der Waals surface area contributed by atoms with E-state index in [2.05, 4.69) is 0 Å². The molecule has 0 aliphatic heterocycles. The summed E-state index contributed by atoms with van der Waals surface area (Å²) >= 11 is 4.86. The fourth-order valence-electron chi connectivity index (χ4n) is 1.28. The van der Waals surface area contributed by atoms with Gasteiger partial charge >= 0.3 is 0 Å². The van der Waals surface area contributed by atoms with Crippen molar-refractivity contribution < 1.29 is 8.78 Å². The summed E-state index contributed by atoms with van der Waals surface area (Å²) in [6.45, 7) is 6.98. The third-order valence-electron chi connectivity index (χ3n) is 2.59. The van der Waals surface area contributed by atoms with Gasteiger partial charge in [-0.15, -0.1) is 0 Å². The summed E-state index contributed by atoms with van der Waals surface area (Å²) in [4.78, 5) is 0.521. The normalized spacial score (nSPS) is 10.3. The molecule has 0 atom stereocenters. The second-order valence-electron chi connectivity index (χ2n) is 4.86. The molecule has 0 saturated carbocycles. The SMILES string of the molecule is CC(C)C(F)F.Cc1cc(CC(N)=S)c(C)cc1N. The smallest absolute Gasteiger partial charge is 0.240 e. The number of benzene rings is 1. The molecule has 2 nitrogen and oxygen atoms in total. The molecule has 4 N–H and O–H groups in total. The molecule has 0 saturated heterocycles. The van der Waals surface area contributed by atoms with E-state index in [0.29, 0.717) is 11.4 Å². The highest BCUT2D eigenvalue weighted by molar-refractivity contribution is 7.80. The van der Waals surface area contributed by atoms with Crippen molar-refractivity contribution in [3.05, 3.63) is 28.8 Å². The molecule has 0 heterocycles. The summed E-state index contributed by atoms with van der Waals surface area (Å²) in [5.41, 5.74) is 15.5. The van der Waals surface area contributed by atoms with Gasteiger partial charge in [-0.3, -0.25) is 0 Å². The van der Waals surface area contributed by atoms with Crippen LogP contribution in [0.15, 0.2) is 12.1 Å². The van der Waals surface area contributed by atoms with E-state index in [0.717, 1.165) is 16.8 Å². The highest BCUT2D eigenvalue weighted by Crippen LogP contribution is 2.18. The first-order chi connectivity index (χ1) is 8.65. The molecule has 5 heteroatoms. The van der Waals surface area contributed by atoms with Crippen LogP contribution in [0.1, 0.15) is 30.5 Å². The summed E-state index contributed by atoms with van der Waals surface area (Å²) in [5, 5.41) is 0. The van der Waals surface area contributed by atoms with Gasteiger partial charge in [0.15, 0.2) is 0 Å². The Morgan fingerprint density at radius 1 is 1.21 bits per heavy atom. The zero-order chi connectivity index (χ0) is 15.2. The molecule has 0 bridgehead atoms. The maximum absolute atomic E-state index is 11.2. The Hall–Kier alpha value is -1.23. The molecular formula is C14H22F2N2S. The quantitative estimate of drug-likeness (QED) is 0.660. The van der Waals surface area contributed by atoms with Crippen LogP contribution in [-0.2, 0) is 6.42 Å². The molecule has 0 aromatic heterocycles.